The van der Waals surface area contributed by atoms with Gasteiger partial charge in [0.15, 0.2) is 0 Å². The summed E-state index contributed by atoms with van der Waals surface area (Å²) in [4.78, 5) is 0. The molecular formula is C19H19F2N3O2. The largest absolute Gasteiger partial charge is 0.487 e. The molecule has 0 aliphatic heterocycles. The Morgan fingerprint density at radius 2 is 1.88 bits per heavy atom. The summed E-state index contributed by atoms with van der Waals surface area (Å²) in [5.41, 5.74) is 2.34. The summed E-state index contributed by atoms with van der Waals surface area (Å²) in [6.45, 7) is 3.05. The molecule has 7 heteroatoms. The molecule has 1 atom stereocenters. The Labute approximate surface area is 150 Å². The molecule has 0 radical (unpaired) electrons. The minimum atomic E-state index is -2.51. The van der Waals surface area contributed by atoms with Gasteiger partial charge in [0.25, 0.3) is 6.43 Å². The first kappa shape index (κ1) is 17.8. The van der Waals surface area contributed by atoms with Crippen molar-refractivity contribution in [3.8, 4) is 17.2 Å². The van der Waals surface area contributed by atoms with E-state index < -0.39 is 13.0 Å². The number of aromatic nitrogens is 2. The first-order valence-electron chi connectivity index (χ1n) is 8.20. The number of hydrogen-bond acceptors (Lipinski definition) is 5. The Bertz CT molecular complexity index is 853. The number of alkyl halides is 2. The van der Waals surface area contributed by atoms with Crippen LogP contribution >= 0.6 is 0 Å². The Kier molecular flexibility index (Phi) is 5.46. The van der Waals surface area contributed by atoms with Crippen LogP contribution in [0.5, 0.6) is 5.75 Å². The third-order valence-corrected chi connectivity index (χ3v) is 3.77. The van der Waals surface area contributed by atoms with E-state index in [1.165, 1.54) is 0 Å². The van der Waals surface area contributed by atoms with E-state index in [0.29, 0.717) is 23.2 Å². The van der Waals surface area contributed by atoms with Crippen LogP contribution in [-0.4, -0.2) is 23.2 Å². The molecule has 5 nitrogen and oxygen atoms in total. The zero-order chi connectivity index (χ0) is 18.5. The van der Waals surface area contributed by atoms with E-state index >= 15 is 0 Å². The molecule has 2 aromatic carbocycles. The molecule has 3 rings (SSSR count). The predicted octanol–water partition coefficient (Wildman–Crippen LogP) is 4.86. The van der Waals surface area contributed by atoms with Crippen LogP contribution in [0.2, 0.25) is 0 Å². The highest BCUT2D eigenvalue weighted by atomic mass is 19.3. The minimum Gasteiger partial charge on any atom is -0.487 e. The average Bonchev–Trinajstić information content (AvgIpc) is 3.13. The number of halogens is 2. The molecule has 0 aliphatic carbocycles. The number of ether oxygens (including phenoxy) is 1. The number of hydrogen-bond donors (Lipinski definition) is 1. The van der Waals surface area contributed by atoms with Crippen LogP contribution in [0.4, 0.5) is 14.5 Å². The third-order valence-electron chi connectivity index (χ3n) is 3.77. The predicted molar refractivity (Wildman–Crippen MR) is 94.4 cm³/mol. The topological polar surface area (TPSA) is 60.2 Å². The van der Waals surface area contributed by atoms with Crippen LogP contribution in [0.25, 0.3) is 11.5 Å². The van der Waals surface area contributed by atoms with E-state index in [2.05, 4.69) is 15.5 Å². The lowest BCUT2D eigenvalue weighted by Crippen LogP contribution is -2.09. The fourth-order valence-electron chi connectivity index (χ4n) is 2.42. The van der Waals surface area contributed by atoms with E-state index in [1.807, 2.05) is 43.3 Å². The molecular weight excluding hydrogens is 340 g/mol. The summed E-state index contributed by atoms with van der Waals surface area (Å²) in [6.07, 6.45) is -2.51. The lowest BCUT2D eigenvalue weighted by atomic mass is 10.2. The van der Waals surface area contributed by atoms with Gasteiger partial charge in [-0.15, -0.1) is 10.2 Å². The Balaban J connectivity index is 1.71. The quantitative estimate of drug-likeness (QED) is 0.653. The zero-order valence-electron chi connectivity index (χ0n) is 14.4. The number of benzene rings is 2. The Morgan fingerprint density at radius 3 is 2.62 bits per heavy atom. The molecule has 0 saturated carbocycles. The molecule has 0 spiro atoms. The second-order valence-corrected chi connectivity index (χ2v) is 5.86. The summed E-state index contributed by atoms with van der Waals surface area (Å²) >= 11 is 0. The van der Waals surface area contributed by atoms with Crippen molar-refractivity contribution in [3.05, 3.63) is 60.0 Å². The standard InChI is InChI=1S/C19H19F2N3O2/c1-12-8-9-15(10-16(12)25-11-17(20)21)22-13(2)18-23-24-19(26-18)14-6-4-3-5-7-14/h3-10,13,17,22H,11H2,1-2H3. The highest BCUT2D eigenvalue weighted by molar-refractivity contribution is 5.53. The van der Waals surface area contributed by atoms with E-state index in [4.69, 9.17) is 9.15 Å². The first-order valence-corrected chi connectivity index (χ1v) is 8.20. The van der Waals surface area contributed by atoms with Gasteiger partial charge in [-0.3, -0.25) is 0 Å². The monoisotopic (exact) mass is 359 g/mol. The zero-order valence-corrected chi connectivity index (χ0v) is 14.4. The molecule has 26 heavy (non-hydrogen) atoms. The van der Waals surface area contributed by atoms with Crippen LogP contribution in [0.1, 0.15) is 24.4 Å². The van der Waals surface area contributed by atoms with Crippen LogP contribution < -0.4 is 10.1 Å². The first-order chi connectivity index (χ1) is 12.5. The van der Waals surface area contributed by atoms with Gasteiger partial charge < -0.3 is 14.5 Å². The van der Waals surface area contributed by atoms with Crippen molar-refractivity contribution in [2.24, 2.45) is 0 Å². The number of rotatable bonds is 7. The molecule has 0 amide bonds. The highest BCUT2D eigenvalue weighted by Gasteiger charge is 2.15. The lowest BCUT2D eigenvalue weighted by Gasteiger charge is -2.14. The van der Waals surface area contributed by atoms with Crippen molar-refractivity contribution in [1.82, 2.24) is 10.2 Å². The lowest BCUT2D eigenvalue weighted by molar-refractivity contribution is 0.0816. The molecule has 0 aliphatic rings. The molecule has 0 saturated heterocycles. The maximum atomic E-state index is 12.4. The van der Waals surface area contributed by atoms with Gasteiger partial charge in [0.05, 0.1) is 0 Å². The van der Waals surface area contributed by atoms with Crippen molar-refractivity contribution in [2.75, 3.05) is 11.9 Å². The van der Waals surface area contributed by atoms with E-state index in [9.17, 15) is 8.78 Å². The van der Waals surface area contributed by atoms with Gasteiger partial charge >= 0.3 is 0 Å². The summed E-state index contributed by atoms with van der Waals surface area (Å²) in [5.74, 6) is 1.29. The molecule has 1 N–H and O–H groups in total. The number of anilines is 1. The van der Waals surface area contributed by atoms with Crippen molar-refractivity contribution < 1.29 is 17.9 Å². The molecule has 136 valence electrons. The number of nitrogens with zero attached hydrogens (tertiary/aromatic N) is 2. The van der Waals surface area contributed by atoms with Crippen molar-refractivity contribution >= 4 is 5.69 Å². The van der Waals surface area contributed by atoms with Crippen LogP contribution in [0.15, 0.2) is 52.9 Å². The van der Waals surface area contributed by atoms with Crippen molar-refractivity contribution in [1.29, 1.82) is 0 Å². The summed E-state index contributed by atoms with van der Waals surface area (Å²) in [6, 6.07) is 14.6. The van der Waals surface area contributed by atoms with E-state index in [0.717, 1.165) is 11.1 Å². The molecule has 3 aromatic rings. The molecule has 0 bridgehead atoms. The van der Waals surface area contributed by atoms with Crippen molar-refractivity contribution in [2.45, 2.75) is 26.3 Å². The summed E-state index contributed by atoms with van der Waals surface area (Å²) < 4.78 is 35.6. The van der Waals surface area contributed by atoms with Gasteiger partial charge in [0, 0.05) is 17.3 Å². The molecule has 1 aromatic heterocycles. The fraction of sp³-hybridized carbons (Fsp3) is 0.263. The van der Waals surface area contributed by atoms with Crippen LogP contribution in [0, 0.1) is 6.92 Å². The summed E-state index contributed by atoms with van der Waals surface area (Å²) in [7, 11) is 0. The minimum absolute atomic E-state index is 0.259. The Morgan fingerprint density at radius 1 is 1.12 bits per heavy atom. The maximum Gasteiger partial charge on any atom is 0.272 e. The normalized spacial score (nSPS) is 12.2. The maximum absolute atomic E-state index is 12.4. The average molecular weight is 359 g/mol. The summed E-state index contributed by atoms with van der Waals surface area (Å²) in [5, 5.41) is 11.4. The van der Waals surface area contributed by atoms with Gasteiger partial charge in [-0.25, -0.2) is 8.78 Å². The molecule has 1 unspecified atom stereocenters. The van der Waals surface area contributed by atoms with Crippen LogP contribution in [-0.2, 0) is 0 Å². The molecule has 1 heterocycles. The van der Waals surface area contributed by atoms with Crippen LogP contribution in [0.3, 0.4) is 0 Å². The van der Waals surface area contributed by atoms with Gasteiger partial charge in [0.2, 0.25) is 11.8 Å². The van der Waals surface area contributed by atoms with Crippen molar-refractivity contribution in [3.63, 3.8) is 0 Å². The Hall–Kier alpha value is -2.96. The van der Waals surface area contributed by atoms with Gasteiger partial charge in [0.1, 0.15) is 18.4 Å². The van der Waals surface area contributed by atoms with Gasteiger partial charge in [-0.2, -0.15) is 0 Å². The third kappa shape index (κ3) is 4.36. The van der Waals surface area contributed by atoms with E-state index in [-0.39, 0.29) is 6.04 Å². The highest BCUT2D eigenvalue weighted by Crippen LogP contribution is 2.27. The van der Waals surface area contributed by atoms with E-state index in [1.54, 1.807) is 19.1 Å². The SMILES string of the molecule is Cc1ccc(NC(C)c2nnc(-c3ccccc3)o2)cc1OCC(F)F. The number of nitrogens with one attached hydrogen (secondary N) is 1. The second-order valence-electron chi connectivity index (χ2n) is 5.86. The second kappa shape index (κ2) is 7.95. The van der Waals surface area contributed by atoms with Gasteiger partial charge in [-0.05, 0) is 37.6 Å². The van der Waals surface area contributed by atoms with Gasteiger partial charge in [-0.1, -0.05) is 24.3 Å². The smallest absolute Gasteiger partial charge is 0.272 e. The number of aryl methyl sites for hydroxylation is 1. The molecule has 0 fully saturated rings. The fourth-order valence-corrected chi connectivity index (χ4v) is 2.42.